The molecule has 0 bridgehead atoms. The average Bonchev–Trinajstić information content (AvgIpc) is 2.37. The van der Waals surface area contributed by atoms with Crippen molar-refractivity contribution in [3.8, 4) is 11.5 Å². The van der Waals surface area contributed by atoms with Crippen LogP contribution in [0, 0.1) is 0 Å². The second kappa shape index (κ2) is 6.26. The zero-order valence-corrected chi connectivity index (χ0v) is 11.9. The van der Waals surface area contributed by atoms with Crippen molar-refractivity contribution in [2.45, 2.75) is 38.3 Å². The van der Waals surface area contributed by atoms with Gasteiger partial charge in [0.25, 0.3) is 0 Å². The van der Waals surface area contributed by atoms with Crippen molar-refractivity contribution in [1.29, 1.82) is 0 Å². The Morgan fingerprint density at radius 3 is 2.47 bits per heavy atom. The lowest BCUT2D eigenvalue weighted by Gasteiger charge is -2.29. The van der Waals surface area contributed by atoms with E-state index in [1.165, 1.54) is 0 Å². The van der Waals surface area contributed by atoms with E-state index in [1.807, 2.05) is 12.1 Å². The monoisotopic (exact) mass is 265 g/mol. The molecule has 4 nitrogen and oxygen atoms in total. The molecule has 106 valence electrons. The lowest BCUT2D eigenvalue weighted by Crippen LogP contribution is -2.22. The molecule has 1 saturated heterocycles. The Kier molecular flexibility index (Phi) is 4.66. The van der Waals surface area contributed by atoms with Crippen LogP contribution in [0.25, 0.3) is 0 Å². The van der Waals surface area contributed by atoms with E-state index in [4.69, 9.17) is 19.9 Å². The molecule has 1 aromatic rings. The van der Waals surface area contributed by atoms with Gasteiger partial charge in [-0.2, -0.15) is 0 Å². The second-order valence-corrected chi connectivity index (χ2v) is 4.93. The summed E-state index contributed by atoms with van der Waals surface area (Å²) in [4.78, 5) is 0. The molecule has 1 aromatic carbocycles. The molecule has 2 N–H and O–H groups in total. The number of nitrogens with two attached hydrogens (primary N) is 1. The summed E-state index contributed by atoms with van der Waals surface area (Å²) >= 11 is 0. The predicted molar refractivity (Wildman–Crippen MR) is 74.8 cm³/mol. The van der Waals surface area contributed by atoms with Gasteiger partial charge in [0.15, 0.2) is 0 Å². The van der Waals surface area contributed by atoms with E-state index in [0.717, 1.165) is 48.5 Å². The van der Waals surface area contributed by atoms with Gasteiger partial charge < -0.3 is 19.9 Å². The molecule has 0 spiro atoms. The smallest absolute Gasteiger partial charge is 0.125 e. The van der Waals surface area contributed by atoms with Gasteiger partial charge in [0.05, 0.1) is 26.9 Å². The maximum Gasteiger partial charge on any atom is 0.125 e. The van der Waals surface area contributed by atoms with E-state index in [0.29, 0.717) is 0 Å². The first kappa shape index (κ1) is 14.2. The molecule has 2 unspecified atom stereocenters. The molecule has 1 aliphatic heterocycles. The zero-order chi connectivity index (χ0) is 13.8. The van der Waals surface area contributed by atoms with Gasteiger partial charge in [-0.15, -0.1) is 0 Å². The molecule has 0 radical (unpaired) electrons. The molecular formula is C15H23NO3. The van der Waals surface area contributed by atoms with Gasteiger partial charge in [-0.25, -0.2) is 0 Å². The predicted octanol–water partition coefficient (Wildman–Crippen LogP) is 2.45. The molecule has 1 heterocycles. The number of methoxy groups -OCH3 is 2. The van der Waals surface area contributed by atoms with Gasteiger partial charge in [-0.1, -0.05) is 6.92 Å². The molecule has 0 saturated carbocycles. The summed E-state index contributed by atoms with van der Waals surface area (Å²) in [6.45, 7) is 2.91. The largest absolute Gasteiger partial charge is 0.496 e. The summed E-state index contributed by atoms with van der Waals surface area (Å²) in [5.41, 5.74) is 8.20. The van der Waals surface area contributed by atoms with E-state index in [1.54, 1.807) is 14.2 Å². The third-order valence-corrected chi connectivity index (χ3v) is 3.69. The van der Waals surface area contributed by atoms with Gasteiger partial charge in [-0.05, 0) is 30.5 Å². The minimum atomic E-state index is 0.137. The van der Waals surface area contributed by atoms with Crippen molar-refractivity contribution in [3.05, 3.63) is 23.3 Å². The van der Waals surface area contributed by atoms with Crippen molar-refractivity contribution in [2.24, 2.45) is 5.73 Å². The topological polar surface area (TPSA) is 53.7 Å². The van der Waals surface area contributed by atoms with Crippen LogP contribution in [0.3, 0.4) is 0 Å². The van der Waals surface area contributed by atoms with E-state index >= 15 is 0 Å². The first-order valence-corrected chi connectivity index (χ1v) is 6.81. The maximum atomic E-state index is 6.03. The van der Waals surface area contributed by atoms with Gasteiger partial charge in [-0.3, -0.25) is 0 Å². The fraction of sp³-hybridized carbons (Fsp3) is 0.600. The van der Waals surface area contributed by atoms with Crippen molar-refractivity contribution < 1.29 is 14.2 Å². The lowest BCUT2D eigenvalue weighted by atomic mass is 9.96. The first-order chi connectivity index (χ1) is 9.19. The molecule has 0 aromatic heterocycles. The fourth-order valence-corrected chi connectivity index (χ4v) is 2.30. The Balaban J connectivity index is 2.32. The third kappa shape index (κ3) is 3.01. The summed E-state index contributed by atoms with van der Waals surface area (Å²) in [6.07, 6.45) is 2.91. The van der Waals surface area contributed by atoms with Crippen LogP contribution in [-0.2, 0) is 11.2 Å². The minimum Gasteiger partial charge on any atom is -0.496 e. The van der Waals surface area contributed by atoms with Crippen molar-refractivity contribution in [2.75, 3.05) is 20.8 Å². The molecule has 19 heavy (non-hydrogen) atoms. The van der Waals surface area contributed by atoms with Crippen LogP contribution in [0.2, 0.25) is 0 Å². The highest BCUT2D eigenvalue weighted by molar-refractivity contribution is 5.48. The standard InChI is InChI=1S/C15H23NO3/c1-4-11(16)7-10-8-15(18-3)12(9-14(10)17-2)13-5-6-19-13/h8-9,11,13H,4-7,16H2,1-3H3. The molecule has 0 amide bonds. The second-order valence-electron chi connectivity index (χ2n) is 4.93. The van der Waals surface area contributed by atoms with Crippen LogP contribution in [0.5, 0.6) is 11.5 Å². The summed E-state index contributed by atoms with van der Waals surface area (Å²) in [5, 5.41) is 0. The van der Waals surface area contributed by atoms with E-state index < -0.39 is 0 Å². The van der Waals surface area contributed by atoms with Crippen LogP contribution >= 0.6 is 0 Å². The summed E-state index contributed by atoms with van der Waals surface area (Å²) in [7, 11) is 3.38. The minimum absolute atomic E-state index is 0.137. The van der Waals surface area contributed by atoms with Crippen LogP contribution in [0.4, 0.5) is 0 Å². The molecular weight excluding hydrogens is 242 g/mol. The van der Waals surface area contributed by atoms with Gasteiger partial charge in [0, 0.05) is 18.0 Å². The average molecular weight is 265 g/mol. The summed E-state index contributed by atoms with van der Waals surface area (Å²) in [5.74, 6) is 1.74. The number of hydrogen-bond donors (Lipinski definition) is 1. The van der Waals surface area contributed by atoms with Crippen molar-refractivity contribution >= 4 is 0 Å². The third-order valence-electron chi connectivity index (χ3n) is 3.69. The summed E-state index contributed by atoms with van der Waals surface area (Å²) in [6, 6.07) is 4.20. The first-order valence-electron chi connectivity index (χ1n) is 6.81. The normalized spacial score (nSPS) is 19.7. The number of benzene rings is 1. The highest BCUT2D eigenvalue weighted by Gasteiger charge is 2.25. The molecule has 1 aliphatic rings. The van der Waals surface area contributed by atoms with Crippen molar-refractivity contribution in [1.82, 2.24) is 0 Å². The summed E-state index contributed by atoms with van der Waals surface area (Å²) < 4.78 is 16.5. The lowest BCUT2D eigenvalue weighted by molar-refractivity contribution is -0.0538. The molecule has 2 rings (SSSR count). The van der Waals surface area contributed by atoms with Crippen LogP contribution in [0.1, 0.15) is 37.0 Å². The van der Waals surface area contributed by atoms with Crippen LogP contribution < -0.4 is 15.2 Å². The Morgan fingerprint density at radius 2 is 2.00 bits per heavy atom. The van der Waals surface area contributed by atoms with E-state index in [-0.39, 0.29) is 12.1 Å². The SMILES string of the molecule is CCC(N)Cc1cc(OC)c(C2CCO2)cc1OC. The number of hydrogen-bond acceptors (Lipinski definition) is 4. The van der Waals surface area contributed by atoms with Crippen LogP contribution in [-0.4, -0.2) is 26.9 Å². The highest BCUT2D eigenvalue weighted by atomic mass is 16.5. The molecule has 0 aliphatic carbocycles. The Morgan fingerprint density at radius 1 is 1.32 bits per heavy atom. The quantitative estimate of drug-likeness (QED) is 0.858. The van der Waals surface area contributed by atoms with Crippen molar-refractivity contribution in [3.63, 3.8) is 0 Å². The fourth-order valence-electron chi connectivity index (χ4n) is 2.30. The van der Waals surface area contributed by atoms with Gasteiger partial charge in [0.1, 0.15) is 11.5 Å². The zero-order valence-electron chi connectivity index (χ0n) is 11.9. The molecule has 4 heteroatoms. The van der Waals surface area contributed by atoms with Gasteiger partial charge in [0.2, 0.25) is 0 Å². The highest BCUT2D eigenvalue weighted by Crippen LogP contribution is 2.39. The number of ether oxygens (including phenoxy) is 3. The number of rotatable bonds is 6. The Bertz CT molecular complexity index is 430. The Hall–Kier alpha value is -1.26. The Labute approximate surface area is 114 Å². The molecule has 2 atom stereocenters. The van der Waals surface area contributed by atoms with Crippen LogP contribution in [0.15, 0.2) is 12.1 Å². The maximum absolute atomic E-state index is 6.03. The van der Waals surface area contributed by atoms with E-state index in [9.17, 15) is 0 Å². The van der Waals surface area contributed by atoms with Gasteiger partial charge >= 0.3 is 0 Å². The molecule has 1 fully saturated rings. The van der Waals surface area contributed by atoms with E-state index in [2.05, 4.69) is 6.92 Å².